The summed E-state index contributed by atoms with van der Waals surface area (Å²) in [5, 5.41) is 13.0. The molecule has 0 aliphatic carbocycles. The first kappa shape index (κ1) is 12.9. The van der Waals surface area contributed by atoms with Crippen molar-refractivity contribution in [2.45, 2.75) is 26.7 Å². The van der Waals surface area contributed by atoms with Crippen LogP contribution in [0.1, 0.15) is 26.7 Å². The molecule has 0 fully saturated rings. The number of aliphatic hydroxyl groups is 1. The van der Waals surface area contributed by atoms with Gasteiger partial charge in [0.05, 0.1) is 0 Å². The summed E-state index contributed by atoms with van der Waals surface area (Å²) in [6.07, 6.45) is 1.95. The highest BCUT2D eigenvalue weighted by molar-refractivity contribution is 6.29. The second-order valence-corrected chi connectivity index (χ2v) is 4.02. The van der Waals surface area contributed by atoms with Gasteiger partial charge in [0.2, 0.25) is 0 Å². The normalized spacial score (nSPS) is 11.7. The predicted octanol–water partition coefficient (Wildman–Crippen LogP) is 2.13. The number of nitrogens with one attached hydrogen (secondary N) is 1. The molecule has 0 spiro atoms. The van der Waals surface area contributed by atoms with Crippen molar-refractivity contribution in [1.29, 1.82) is 0 Å². The van der Waals surface area contributed by atoms with E-state index in [4.69, 9.17) is 11.6 Å². The largest absolute Gasteiger partial charge is 0.396 e. The molecule has 0 saturated heterocycles. The van der Waals surface area contributed by atoms with Crippen molar-refractivity contribution >= 4 is 11.6 Å². The van der Waals surface area contributed by atoms with E-state index in [0.29, 0.717) is 11.6 Å². The summed E-state index contributed by atoms with van der Waals surface area (Å²) in [4.78, 5) is 0. The van der Waals surface area contributed by atoms with Gasteiger partial charge in [-0.3, -0.25) is 0 Å². The van der Waals surface area contributed by atoms with Crippen molar-refractivity contribution in [3.63, 3.8) is 0 Å². The fraction of sp³-hybridized carbons (Fsp3) is 0.800. The average Bonchev–Trinajstić information content (AvgIpc) is 2.13. The highest BCUT2D eigenvalue weighted by Gasteiger charge is 2.24. The van der Waals surface area contributed by atoms with Crippen molar-refractivity contribution in [3.05, 3.63) is 11.6 Å². The van der Waals surface area contributed by atoms with Gasteiger partial charge in [-0.2, -0.15) is 0 Å². The van der Waals surface area contributed by atoms with Gasteiger partial charge in [0.15, 0.2) is 0 Å². The van der Waals surface area contributed by atoms with Gasteiger partial charge in [-0.25, -0.2) is 0 Å². The molecule has 0 heterocycles. The lowest BCUT2D eigenvalue weighted by atomic mass is 9.83. The molecule has 0 bridgehead atoms. The lowest BCUT2D eigenvalue weighted by Gasteiger charge is -2.29. The van der Waals surface area contributed by atoms with Crippen LogP contribution in [0.15, 0.2) is 11.6 Å². The van der Waals surface area contributed by atoms with E-state index in [1.807, 2.05) is 0 Å². The third kappa shape index (κ3) is 4.65. The van der Waals surface area contributed by atoms with Crippen molar-refractivity contribution < 1.29 is 5.11 Å². The molecular weight excluding hydrogens is 186 g/mol. The first-order valence-electron chi connectivity index (χ1n) is 4.75. The Balaban J connectivity index is 3.88. The fourth-order valence-electron chi connectivity index (χ4n) is 1.24. The number of rotatable bonds is 7. The van der Waals surface area contributed by atoms with Crippen LogP contribution in [0.25, 0.3) is 0 Å². The Morgan fingerprint density at radius 3 is 2.31 bits per heavy atom. The fourth-order valence-corrected chi connectivity index (χ4v) is 1.34. The van der Waals surface area contributed by atoms with Crippen molar-refractivity contribution in [1.82, 2.24) is 5.32 Å². The SMILES string of the molecule is C=C(Cl)CNCC(CC)(CC)CO. The first-order valence-corrected chi connectivity index (χ1v) is 5.13. The molecule has 0 aromatic carbocycles. The number of hydrogen-bond donors (Lipinski definition) is 2. The number of halogens is 1. The van der Waals surface area contributed by atoms with E-state index in [-0.39, 0.29) is 12.0 Å². The summed E-state index contributed by atoms with van der Waals surface area (Å²) in [5.41, 5.74) is 0.00629. The zero-order valence-corrected chi connectivity index (χ0v) is 9.32. The van der Waals surface area contributed by atoms with Crippen molar-refractivity contribution in [3.8, 4) is 0 Å². The summed E-state index contributed by atoms with van der Waals surface area (Å²) in [7, 11) is 0. The summed E-state index contributed by atoms with van der Waals surface area (Å²) in [5.74, 6) is 0. The molecule has 0 unspecified atom stereocenters. The molecule has 3 heteroatoms. The molecule has 0 rings (SSSR count). The molecule has 78 valence electrons. The van der Waals surface area contributed by atoms with E-state index >= 15 is 0 Å². The van der Waals surface area contributed by atoms with E-state index in [0.717, 1.165) is 19.4 Å². The van der Waals surface area contributed by atoms with Crippen LogP contribution in [0.4, 0.5) is 0 Å². The monoisotopic (exact) mass is 205 g/mol. The standard InChI is InChI=1S/C10H20ClNO/c1-4-10(5-2,8-13)7-12-6-9(3)11/h12-13H,3-8H2,1-2H3. The van der Waals surface area contributed by atoms with Crippen LogP contribution in [0.2, 0.25) is 0 Å². The van der Waals surface area contributed by atoms with Gasteiger partial charge in [0.1, 0.15) is 0 Å². The van der Waals surface area contributed by atoms with Gasteiger partial charge < -0.3 is 10.4 Å². The molecule has 0 aromatic heterocycles. The van der Waals surface area contributed by atoms with E-state index in [9.17, 15) is 5.11 Å². The maximum Gasteiger partial charge on any atom is 0.0499 e. The summed E-state index contributed by atoms with van der Waals surface area (Å²) >= 11 is 5.62. The molecule has 0 amide bonds. The molecular formula is C10H20ClNO. The van der Waals surface area contributed by atoms with Crippen LogP contribution >= 0.6 is 11.6 Å². The molecule has 2 nitrogen and oxygen atoms in total. The molecule has 2 N–H and O–H groups in total. The van der Waals surface area contributed by atoms with Crippen molar-refractivity contribution in [2.24, 2.45) is 5.41 Å². The van der Waals surface area contributed by atoms with E-state index < -0.39 is 0 Å². The first-order chi connectivity index (χ1) is 6.10. The van der Waals surface area contributed by atoms with E-state index in [1.165, 1.54) is 0 Å². The van der Waals surface area contributed by atoms with Gasteiger partial charge in [-0.15, -0.1) is 0 Å². The summed E-state index contributed by atoms with van der Waals surface area (Å²) in [6, 6.07) is 0. The minimum Gasteiger partial charge on any atom is -0.396 e. The molecule has 0 aromatic rings. The molecule has 0 aliphatic rings. The van der Waals surface area contributed by atoms with Gasteiger partial charge in [-0.05, 0) is 12.8 Å². The number of hydrogen-bond acceptors (Lipinski definition) is 2. The average molecular weight is 206 g/mol. The van der Waals surface area contributed by atoms with Crippen molar-refractivity contribution in [2.75, 3.05) is 19.7 Å². The van der Waals surface area contributed by atoms with Crippen LogP contribution in [0.3, 0.4) is 0 Å². The van der Waals surface area contributed by atoms with Crippen LogP contribution in [0.5, 0.6) is 0 Å². The van der Waals surface area contributed by atoms with Gasteiger partial charge in [0, 0.05) is 30.1 Å². The maximum absolute atomic E-state index is 9.25. The molecule has 0 saturated carbocycles. The van der Waals surface area contributed by atoms with Crippen LogP contribution in [-0.2, 0) is 0 Å². The highest BCUT2D eigenvalue weighted by Crippen LogP contribution is 2.24. The van der Waals surface area contributed by atoms with Crippen LogP contribution in [0, 0.1) is 5.41 Å². The lowest BCUT2D eigenvalue weighted by Crippen LogP contribution is -2.36. The minimum absolute atomic E-state index is 0.00629. The lowest BCUT2D eigenvalue weighted by molar-refractivity contribution is 0.114. The second-order valence-electron chi connectivity index (χ2n) is 3.49. The minimum atomic E-state index is 0.00629. The van der Waals surface area contributed by atoms with Crippen LogP contribution < -0.4 is 5.32 Å². The zero-order valence-electron chi connectivity index (χ0n) is 8.57. The quantitative estimate of drug-likeness (QED) is 0.668. The Morgan fingerprint density at radius 1 is 1.46 bits per heavy atom. The molecule has 0 atom stereocenters. The van der Waals surface area contributed by atoms with Gasteiger partial charge >= 0.3 is 0 Å². The molecule has 0 radical (unpaired) electrons. The third-order valence-electron chi connectivity index (χ3n) is 2.65. The zero-order chi connectivity index (χ0) is 10.3. The Labute approximate surface area is 86.0 Å². The third-order valence-corrected chi connectivity index (χ3v) is 2.79. The van der Waals surface area contributed by atoms with E-state index in [1.54, 1.807) is 0 Å². The molecule has 13 heavy (non-hydrogen) atoms. The highest BCUT2D eigenvalue weighted by atomic mass is 35.5. The topological polar surface area (TPSA) is 32.3 Å². The molecule has 0 aliphatic heterocycles. The summed E-state index contributed by atoms with van der Waals surface area (Å²) < 4.78 is 0. The van der Waals surface area contributed by atoms with E-state index in [2.05, 4.69) is 25.7 Å². The Bertz CT molecular complexity index is 147. The number of aliphatic hydroxyl groups excluding tert-OH is 1. The predicted molar refractivity (Wildman–Crippen MR) is 58.0 cm³/mol. The van der Waals surface area contributed by atoms with Gasteiger partial charge in [0.25, 0.3) is 0 Å². The Kier molecular flexibility index (Phi) is 6.39. The Morgan fingerprint density at radius 2 is 2.00 bits per heavy atom. The second kappa shape index (κ2) is 6.41. The maximum atomic E-state index is 9.25. The smallest absolute Gasteiger partial charge is 0.0499 e. The summed E-state index contributed by atoms with van der Waals surface area (Å²) in [6.45, 7) is 9.41. The Hall–Kier alpha value is -0.0500. The van der Waals surface area contributed by atoms with Crippen LogP contribution in [-0.4, -0.2) is 24.8 Å². The van der Waals surface area contributed by atoms with Gasteiger partial charge in [-0.1, -0.05) is 32.0 Å².